The maximum atomic E-state index is 13.1. The Morgan fingerprint density at radius 2 is 0.952 bits per heavy atom. The zero-order chi connectivity index (χ0) is 44.9. The highest BCUT2D eigenvalue weighted by molar-refractivity contribution is 7.93. The van der Waals surface area contributed by atoms with E-state index < -0.39 is 32.0 Å². The third kappa shape index (κ3) is 12.2. The van der Waals surface area contributed by atoms with Crippen LogP contribution in [-0.4, -0.2) is 53.2 Å². The van der Waals surface area contributed by atoms with Gasteiger partial charge in [0.05, 0.1) is 41.6 Å². The third-order valence-electron chi connectivity index (χ3n) is 10.1. The highest BCUT2D eigenvalue weighted by Crippen LogP contribution is 2.31. The normalized spacial score (nSPS) is 11.2. The highest BCUT2D eigenvalue weighted by atomic mass is 32.2. The predicted molar refractivity (Wildman–Crippen MR) is 241 cm³/mol. The maximum absolute atomic E-state index is 13.1. The average molecular weight is 879 g/mol. The molecule has 0 fully saturated rings. The quantitative estimate of drug-likeness (QED) is 0.0649. The Hall–Kier alpha value is -6.64. The largest absolute Gasteiger partial charge is 0.497 e. The lowest BCUT2D eigenvalue weighted by atomic mass is 9.99. The van der Waals surface area contributed by atoms with Crippen molar-refractivity contribution >= 4 is 43.4 Å². The van der Waals surface area contributed by atoms with Gasteiger partial charge in [0.2, 0.25) is 0 Å². The molecule has 0 bridgehead atoms. The van der Waals surface area contributed by atoms with Gasteiger partial charge in [0.1, 0.15) is 16.4 Å². The van der Waals surface area contributed by atoms with E-state index in [1.54, 1.807) is 85.8 Å². The van der Waals surface area contributed by atoms with Gasteiger partial charge in [0, 0.05) is 6.07 Å². The number of anilines is 2. The molecule has 6 aromatic carbocycles. The molecule has 14 heteroatoms. The summed E-state index contributed by atoms with van der Waals surface area (Å²) >= 11 is 0. The molecule has 324 valence electrons. The van der Waals surface area contributed by atoms with E-state index in [4.69, 9.17) is 9.47 Å². The van der Waals surface area contributed by atoms with E-state index in [9.17, 15) is 36.6 Å². The van der Waals surface area contributed by atoms with E-state index in [0.717, 1.165) is 27.8 Å². The Labute approximate surface area is 363 Å². The van der Waals surface area contributed by atoms with Gasteiger partial charge in [0.15, 0.2) is 0 Å². The highest BCUT2D eigenvalue weighted by Gasteiger charge is 2.22. The Kier molecular flexibility index (Phi) is 15.9. The summed E-state index contributed by atoms with van der Waals surface area (Å²) in [7, 11) is -4.78. The van der Waals surface area contributed by atoms with E-state index in [1.165, 1.54) is 20.3 Å². The Morgan fingerprint density at radius 1 is 0.516 bits per heavy atom. The second-order valence-corrected chi connectivity index (χ2v) is 17.7. The molecule has 0 spiro atoms. The second-order valence-electron chi connectivity index (χ2n) is 14.4. The Bertz CT molecular complexity index is 2750. The standard InChI is InChI=1S/C24H25NO6S.C24H25NO4S/c1-30-19-14-15-22(31-2)23(16-19)32(28,29)25-21-13-6-4-9-18(21)11-7-10-17-8-3-5-12-20(17)24(26)27;1-17-14-15-23(18(2)16-17)30(28,29)25-22-13-6-4-9-20(22)11-7-10-19-8-3-5-12-21(19)24(26)27/h3-6,8-9,12-16,25H,7,10-11H2,1-2H3,(H,26,27);3-6,8-9,12-16,25H,7,10-11H2,1-2H3,(H,26,27). The molecule has 6 rings (SSSR count). The fourth-order valence-corrected chi connectivity index (χ4v) is 9.62. The molecule has 0 radical (unpaired) electrons. The monoisotopic (exact) mass is 878 g/mol. The van der Waals surface area contributed by atoms with E-state index in [1.807, 2.05) is 55.5 Å². The summed E-state index contributed by atoms with van der Waals surface area (Å²) < 4.78 is 67.8. The first-order valence-electron chi connectivity index (χ1n) is 19.8. The first-order chi connectivity index (χ1) is 29.6. The molecular formula is C48H50N2O10S2. The summed E-state index contributed by atoms with van der Waals surface area (Å²) in [6, 6.07) is 38.1. The number of para-hydroxylation sites is 2. The van der Waals surface area contributed by atoms with E-state index >= 15 is 0 Å². The van der Waals surface area contributed by atoms with Crippen molar-refractivity contribution in [1.82, 2.24) is 0 Å². The number of benzene rings is 6. The number of rotatable bonds is 18. The summed E-state index contributed by atoms with van der Waals surface area (Å²) in [6.07, 6.45) is 3.72. The Balaban J connectivity index is 0.000000235. The molecule has 0 saturated heterocycles. The van der Waals surface area contributed by atoms with Gasteiger partial charge in [-0.05, 0) is 123 Å². The average Bonchev–Trinajstić information content (AvgIpc) is 3.24. The molecule has 0 aliphatic rings. The number of ether oxygens (including phenoxy) is 2. The molecule has 0 aliphatic heterocycles. The zero-order valence-corrected chi connectivity index (χ0v) is 36.6. The zero-order valence-electron chi connectivity index (χ0n) is 34.9. The van der Waals surface area contributed by atoms with Crippen LogP contribution < -0.4 is 18.9 Å². The molecule has 0 aliphatic carbocycles. The summed E-state index contributed by atoms with van der Waals surface area (Å²) in [5, 5.41) is 18.7. The molecule has 0 aromatic heterocycles. The van der Waals surface area contributed by atoms with Crippen LogP contribution in [0.25, 0.3) is 0 Å². The lowest BCUT2D eigenvalue weighted by molar-refractivity contribution is 0.0684. The summed E-state index contributed by atoms with van der Waals surface area (Å²) in [6.45, 7) is 3.71. The van der Waals surface area contributed by atoms with Crippen molar-refractivity contribution in [1.29, 1.82) is 0 Å². The minimum atomic E-state index is -3.94. The fraction of sp³-hybridized carbons (Fsp3) is 0.208. The van der Waals surface area contributed by atoms with Crippen LogP contribution in [0.15, 0.2) is 143 Å². The van der Waals surface area contributed by atoms with Crippen LogP contribution in [0, 0.1) is 13.8 Å². The molecule has 0 atom stereocenters. The lowest BCUT2D eigenvalue weighted by Crippen LogP contribution is -2.15. The maximum Gasteiger partial charge on any atom is 0.335 e. The van der Waals surface area contributed by atoms with Crippen molar-refractivity contribution in [3.8, 4) is 11.5 Å². The van der Waals surface area contributed by atoms with Crippen LogP contribution in [-0.2, 0) is 45.7 Å². The number of hydrogen-bond acceptors (Lipinski definition) is 8. The Morgan fingerprint density at radius 3 is 1.40 bits per heavy atom. The number of sulfonamides is 2. The van der Waals surface area contributed by atoms with Gasteiger partial charge in [-0.1, -0.05) is 90.5 Å². The van der Waals surface area contributed by atoms with Crippen molar-refractivity contribution in [3.63, 3.8) is 0 Å². The lowest BCUT2D eigenvalue weighted by Gasteiger charge is -2.15. The molecule has 0 heterocycles. The molecule has 0 amide bonds. The molecule has 62 heavy (non-hydrogen) atoms. The van der Waals surface area contributed by atoms with Gasteiger partial charge in [-0.15, -0.1) is 0 Å². The molecule has 4 N–H and O–H groups in total. The van der Waals surface area contributed by atoms with Gasteiger partial charge in [-0.2, -0.15) is 0 Å². The minimum absolute atomic E-state index is 0.0236. The topological polar surface area (TPSA) is 185 Å². The number of carboxylic acids is 2. The predicted octanol–water partition coefficient (Wildman–Crippen LogP) is 9.36. The number of carbonyl (C=O) groups is 2. The summed E-state index contributed by atoms with van der Waals surface area (Å²) in [4.78, 5) is 23.0. The van der Waals surface area contributed by atoms with Crippen molar-refractivity contribution in [3.05, 3.63) is 178 Å². The van der Waals surface area contributed by atoms with Gasteiger partial charge in [0.25, 0.3) is 20.0 Å². The number of aromatic carboxylic acids is 2. The number of aryl methyl sites for hydroxylation is 6. The van der Waals surface area contributed by atoms with Gasteiger partial charge >= 0.3 is 11.9 Å². The summed E-state index contributed by atoms with van der Waals surface area (Å²) in [5.74, 6) is -1.29. The smallest absolute Gasteiger partial charge is 0.335 e. The van der Waals surface area contributed by atoms with Crippen LogP contribution in [0.5, 0.6) is 11.5 Å². The minimum Gasteiger partial charge on any atom is -0.497 e. The number of methoxy groups -OCH3 is 2. The fourth-order valence-electron chi connectivity index (χ4n) is 7.00. The van der Waals surface area contributed by atoms with E-state index in [0.29, 0.717) is 66.8 Å². The molecular weight excluding hydrogens is 829 g/mol. The van der Waals surface area contributed by atoms with E-state index in [-0.39, 0.29) is 21.1 Å². The van der Waals surface area contributed by atoms with Gasteiger partial charge < -0.3 is 19.7 Å². The summed E-state index contributed by atoms with van der Waals surface area (Å²) in [5.41, 5.74) is 6.52. The second kappa shape index (κ2) is 21.2. The number of carboxylic acid groups (broad SMARTS) is 2. The molecule has 6 aromatic rings. The van der Waals surface area contributed by atoms with Crippen LogP contribution in [0.4, 0.5) is 11.4 Å². The van der Waals surface area contributed by atoms with E-state index in [2.05, 4.69) is 9.44 Å². The third-order valence-corrected chi connectivity index (χ3v) is 13.0. The van der Waals surface area contributed by atoms with Crippen LogP contribution in [0.3, 0.4) is 0 Å². The van der Waals surface area contributed by atoms with Crippen LogP contribution in [0.2, 0.25) is 0 Å². The van der Waals surface area contributed by atoms with Gasteiger partial charge in [-0.25, -0.2) is 26.4 Å². The number of nitrogens with one attached hydrogen (secondary N) is 2. The van der Waals surface area contributed by atoms with Gasteiger partial charge in [-0.3, -0.25) is 9.44 Å². The van der Waals surface area contributed by atoms with Crippen molar-refractivity contribution in [2.75, 3.05) is 23.7 Å². The SMILES string of the molecule is COc1ccc(OC)c(S(=O)(=O)Nc2ccccc2CCCc2ccccc2C(=O)O)c1.Cc1ccc(S(=O)(=O)Nc2ccccc2CCCc2ccccc2C(=O)O)c(C)c1. The first kappa shape index (κ1) is 46.4. The molecule has 0 saturated carbocycles. The van der Waals surface area contributed by atoms with Crippen LogP contribution in [0.1, 0.15) is 66.9 Å². The molecule has 0 unspecified atom stereocenters. The van der Waals surface area contributed by atoms with Crippen molar-refractivity contribution in [2.45, 2.75) is 62.2 Å². The number of hydrogen-bond donors (Lipinski definition) is 4. The first-order valence-corrected chi connectivity index (χ1v) is 22.7. The molecule has 12 nitrogen and oxygen atoms in total. The van der Waals surface area contributed by atoms with Crippen molar-refractivity contribution in [2.24, 2.45) is 0 Å². The van der Waals surface area contributed by atoms with Crippen LogP contribution >= 0.6 is 0 Å². The van der Waals surface area contributed by atoms with Crippen molar-refractivity contribution < 1.29 is 46.1 Å².